The maximum atomic E-state index is 5.67. The molecule has 2 nitrogen and oxygen atoms in total. The molecule has 1 aliphatic heterocycles. The normalized spacial score (nSPS) is 19.4. The Hall–Kier alpha value is -1.18. The van der Waals surface area contributed by atoms with Crippen LogP contribution in [-0.2, 0) is 6.42 Å². The second kappa shape index (κ2) is 2.66. The van der Waals surface area contributed by atoms with Crippen LogP contribution in [0.5, 0.6) is 11.5 Å². The average molecular weight is 176 g/mol. The number of ether oxygens (including phenoxy) is 2. The van der Waals surface area contributed by atoms with Crippen LogP contribution in [0.4, 0.5) is 0 Å². The lowest BCUT2D eigenvalue weighted by Gasteiger charge is -2.05. The van der Waals surface area contributed by atoms with Gasteiger partial charge in [-0.25, -0.2) is 0 Å². The largest absolute Gasteiger partial charge is 0.493 e. The Morgan fingerprint density at radius 2 is 2.23 bits per heavy atom. The van der Waals surface area contributed by atoms with Gasteiger partial charge in [0, 0.05) is 12.5 Å². The van der Waals surface area contributed by atoms with Crippen molar-refractivity contribution in [3.63, 3.8) is 0 Å². The molecule has 68 valence electrons. The summed E-state index contributed by atoms with van der Waals surface area (Å²) in [7, 11) is 0. The third kappa shape index (κ3) is 1.37. The number of rotatable bonds is 2. The summed E-state index contributed by atoms with van der Waals surface area (Å²) in [4.78, 5) is 0. The van der Waals surface area contributed by atoms with Crippen LogP contribution in [0.25, 0.3) is 0 Å². The Morgan fingerprint density at radius 1 is 1.31 bits per heavy atom. The van der Waals surface area contributed by atoms with Crippen LogP contribution in [0.15, 0.2) is 18.2 Å². The van der Waals surface area contributed by atoms with Gasteiger partial charge in [-0.15, -0.1) is 0 Å². The van der Waals surface area contributed by atoms with E-state index in [1.54, 1.807) is 0 Å². The summed E-state index contributed by atoms with van der Waals surface area (Å²) < 4.78 is 11.1. The van der Waals surface area contributed by atoms with Gasteiger partial charge in [-0.3, -0.25) is 0 Å². The molecule has 2 aliphatic rings. The van der Waals surface area contributed by atoms with E-state index in [-0.39, 0.29) is 0 Å². The molecule has 13 heavy (non-hydrogen) atoms. The van der Waals surface area contributed by atoms with Gasteiger partial charge in [-0.05, 0) is 24.5 Å². The molecule has 0 bridgehead atoms. The quantitative estimate of drug-likeness (QED) is 0.687. The van der Waals surface area contributed by atoms with Gasteiger partial charge < -0.3 is 9.47 Å². The second-order valence-electron chi connectivity index (χ2n) is 3.69. The maximum Gasteiger partial charge on any atom is 0.126 e. The summed E-state index contributed by atoms with van der Waals surface area (Å²) in [6.07, 6.45) is 3.93. The van der Waals surface area contributed by atoms with E-state index in [9.17, 15) is 0 Å². The lowest BCUT2D eigenvalue weighted by Crippen LogP contribution is -1.95. The van der Waals surface area contributed by atoms with Crippen LogP contribution in [0.3, 0.4) is 0 Å². The number of hydrogen-bond donors (Lipinski definition) is 0. The highest BCUT2D eigenvalue weighted by Gasteiger charge is 2.24. The maximum absolute atomic E-state index is 5.67. The molecule has 1 aromatic rings. The molecule has 0 radical (unpaired) electrons. The lowest BCUT2D eigenvalue weighted by atomic mass is 10.2. The second-order valence-corrected chi connectivity index (χ2v) is 3.69. The third-order valence-electron chi connectivity index (χ3n) is 2.49. The summed E-state index contributed by atoms with van der Waals surface area (Å²) >= 11 is 0. The Bertz CT molecular complexity index is 329. The van der Waals surface area contributed by atoms with E-state index < -0.39 is 0 Å². The molecule has 1 aliphatic carbocycles. The Labute approximate surface area is 77.5 Å². The minimum atomic E-state index is 0.472. The summed E-state index contributed by atoms with van der Waals surface area (Å²) in [5, 5.41) is 0. The van der Waals surface area contributed by atoms with Gasteiger partial charge in [0.2, 0.25) is 0 Å². The summed E-state index contributed by atoms with van der Waals surface area (Å²) in [5.74, 6) is 1.97. The minimum Gasteiger partial charge on any atom is -0.493 e. The highest BCUT2D eigenvalue weighted by atomic mass is 16.5. The Kier molecular flexibility index (Phi) is 1.48. The molecule has 0 aromatic heterocycles. The van der Waals surface area contributed by atoms with E-state index in [1.165, 1.54) is 18.4 Å². The number of hydrogen-bond acceptors (Lipinski definition) is 2. The van der Waals surface area contributed by atoms with Crippen LogP contribution >= 0.6 is 0 Å². The first-order chi connectivity index (χ1) is 6.42. The van der Waals surface area contributed by atoms with E-state index in [0.29, 0.717) is 6.10 Å². The minimum absolute atomic E-state index is 0.472. The van der Waals surface area contributed by atoms with Crippen LogP contribution in [-0.4, -0.2) is 12.7 Å². The predicted molar refractivity (Wildman–Crippen MR) is 49.3 cm³/mol. The fourth-order valence-electron chi connectivity index (χ4n) is 1.60. The van der Waals surface area contributed by atoms with Gasteiger partial charge in [0.05, 0.1) is 12.7 Å². The molecule has 0 N–H and O–H groups in total. The highest BCUT2D eigenvalue weighted by molar-refractivity contribution is 5.42. The monoisotopic (exact) mass is 176 g/mol. The van der Waals surface area contributed by atoms with Crippen molar-refractivity contribution in [1.82, 2.24) is 0 Å². The fourth-order valence-corrected chi connectivity index (χ4v) is 1.60. The predicted octanol–water partition coefficient (Wildman–Crippen LogP) is 2.16. The van der Waals surface area contributed by atoms with Gasteiger partial charge in [0.1, 0.15) is 11.5 Å². The molecule has 2 heteroatoms. The molecule has 0 saturated heterocycles. The van der Waals surface area contributed by atoms with Crippen molar-refractivity contribution in [3.8, 4) is 11.5 Å². The number of fused-ring (bicyclic) bond motifs is 1. The van der Waals surface area contributed by atoms with Gasteiger partial charge in [0.15, 0.2) is 0 Å². The fraction of sp³-hybridized carbons (Fsp3) is 0.455. The molecule has 0 spiro atoms. The average Bonchev–Trinajstić information content (AvgIpc) is 2.83. The zero-order chi connectivity index (χ0) is 8.67. The molecular formula is C11H12O2. The molecule has 1 saturated carbocycles. The molecule has 0 amide bonds. The van der Waals surface area contributed by atoms with Crippen LogP contribution in [0.1, 0.15) is 18.4 Å². The third-order valence-corrected chi connectivity index (χ3v) is 2.49. The van der Waals surface area contributed by atoms with Crippen molar-refractivity contribution in [2.45, 2.75) is 25.4 Å². The van der Waals surface area contributed by atoms with Gasteiger partial charge >= 0.3 is 0 Å². The Balaban J connectivity index is 1.86. The topological polar surface area (TPSA) is 18.5 Å². The Morgan fingerprint density at radius 3 is 3.08 bits per heavy atom. The van der Waals surface area contributed by atoms with Crippen molar-refractivity contribution >= 4 is 0 Å². The molecule has 1 aromatic carbocycles. The van der Waals surface area contributed by atoms with Gasteiger partial charge in [0.25, 0.3) is 0 Å². The molecule has 1 heterocycles. The summed E-state index contributed by atoms with van der Waals surface area (Å²) in [6, 6.07) is 6.17. The first-order valence-electron chi connectivity index (χ1n) is 4.84. The lowest BCUT2D eigenvalue weighted by molar-refractivity contribution is 0.299. The first kappa shape index (κ1) is 7.25. The van der Waals surface area contributed by atoms with E-state index in [1.807, 2.05) is 12.1 Å². The van der Waals surface area contributed by atoms with E-state index in [4.69, 9.17) is 9.47 Å². The molecule has 0 atom stereocenters. The molecule has 3 rings (SSSR count). The van der Waals surface area contributed by atoms with Gasteiger partial charge in [-0.2, -0.15) is 0 Å². The number of benzene rings is 1. The molecule has 0 unspecified atom stereocenters. The highest BCUT2D eigenvalue weighted by Crippen LogP contribution is 2.32. The summed E-state index contributed by atoms with van der Waals surface area (Å²) in [6.45, 7) is 0.822. The zero-order valence-electron chi connectivity index (χ0n) is 7.45. The van der Waals surface area contributed by atoms with Gasteiger partial charge in [-0.1, -0.05) is 6.07 Å². The van der Waals surface area contributed by atoms with E-state index in [0.717, 1.165) is 24.5 Å². The van der Waals surface area contributed by atoms with Crippen molar-refractivity contribution in [1.29, 1.82) is 0 Å². The van der Waals surface area contributed by atoms with Crippen molar-refractivity contribution in [2.24, 2.45) is 0 Å². The smallest absolute Gasteiger partial charge is 0.126 e. The van der Waals surface area contributed by atoms with E-state index >= 15 is 0 Å². The zero-order valence-corrected chi connectivity index (χ0v) is 7.45. The standard InChI is InChI=1S/C11H12O2/c1-2-10(13-9-3-4-9)7-11-8(1)5-6-12-11/h1-2,7,9H,3-6H2. The first-order valence-corrected chi connectivity index (χ1v) is 4.84. The summed E-state index contributed by atoms with van der Waals surface area (Å²) in [5.41, 5.74) is 1.31. The van der Waals surface area contributed by atoms with Crippen LogP contribution < -0.4 is 9.47 Å². The molecular weight excluding hydrogens is 164 g/mol. The SMILES string of the molecule is c1cc2c(cc1OC1CC1)OCC2. The van der Waals surface area contributed by atoms with Crippen molar-refractivity contribution < 1.29 is 9.47 Å². The van der Waals surface area contributed by atoms with Crippen LogP contribution in [0.2, 0.25) is 0 Å². The molecule has 1 fully saturated rings. The van der Waals surface area contributed by atoms with Crippen molar-refractivity contribution in [2.75, 3.05) is 6.61 Å². The van der Waals surface area contributed by atoms with E-state index in [2.05, 4.69) is 6.07 Å². The van der Waals surface area contributed by atoms with Crippen LogP contribution in [0, 0.1) is 0 Å². The van der Waals surface area contributed by atoms with Crippen molar-refractivity contribution in [3.05, 3.63) is 23.8 Å².